The van der Waals surface area contributed by atoms with Gasteiger partial charge in [0.2, 0.25) is 11.7 Å². The molecule has 2 aromatic rings. The highest BCUT2D eigenvalue weighted by molar-refractivity contribution is 5.86. The molecule has 132 valence electrons. The summed E-state index contributed by atoms with van der Waals surface area (Å²) in [5, 5.41) is 11.4. The van der Waals surface area contributed by atoms with Crippen LogP contribution in [0, 0.1) is 10.1 Å². The van der Waals surface area contributed by atoms with Crippen LogP contribution in [-0.2, 0) is 4.74 Å². The third-order valence-electron chi connectivity index (χ3n) is 4.11. The van der Waals surface area contributed by atoms with Crippen molar-refractivity contribution >= 4 is 17.3 Å². The summed E-state index contributed by atoms with van der Waals surface area (Å²) in [6.07, 6.45) is 4.61. The van der Waals surface area contributed by atoms with Crippen LogP contribution in [0.15, 0.2) is 28.8 Å². The van der Waals surface area contributed by atoms with Crippen LogP contribution in [0.5, 0.6) is 0 Å². The van der Waals surface area contributed by atoms with Gasteiger partial charge < -0.3 is 14.1 Å². The molecule has 1 aliphatic heterocycles. The highest BCUT2D eigenvalue weighted by Crippen LogP contribution is 2.34. The molecular formula is C17H19N3O5. The molecule has 1 aliphatic rings. The van der Waals surface area contributed by atoms with E-state index >= 15 is 0 Å². The molecule has 0 saturated carbocycles. The number of oxazole rings is 1. The summed E-state index contributed by atoms with van der Waals surface area (Å²) in [5.74, 6) is -0.681. The number of nitro benzene ring substituents is 1. The van der Waals surface area contributed by atoms with Crippen LogP contribution in [0.2, 0.25) is 0 Å². The lowest BCUT2D eigenvalue weighted by molar-refractivity contribution is -0.384. The molecule has 1 aromatic heterocycles. The minimum absolute atomic E-state index is 0.0358. The van der Waals surface area contributed by atoms with Gasteiger partial charge in [-0.15, -0.1) is 0 Å². The Balaban J connectivity index is 1.97. The van der Waals surface area contributed by atoms with Gasteiger partial charge in [-0.05, 0) is 38.3 Å². The second-order valence-corrected chi connectivity index (χ2v) is 5.76. The van der Waals surface area contributed by atoms with Gasteiger partial charge >= 0.3 is 5.97 Å². The SMILES string of the molecule is CCOC(=O)c1cnc(-c2cc(N3CCCCC3)ccc2[N+](=O)[O-])o1. The Morgan fingerprint density at radius 2 is 2.12 bits per heavy atom. The first-order chi connectivity index (χ1) is 12.1. The van der Waals surface area contributed by atoms with Crippen molar-refractivity contribution in [1.29, 1.82) is 0 Å². The molecule has 0 aliphatic carbocycles. The maximum absolute atomic E-state index is 11.7. The first-order valence-corrected chi connectivity index (χ1v) is 8.27. The summed E-state index contributed by atoms with van der Waals surface area (Å²) in [4.78, 5) is 28.8. The maximum Gasteiger partial charge on any atom is 0.375 e. The Hall–Kier alpha value is -2.90. The van der Waals surface area contributed by atoms with Gasteiger partial charge in [0.25, 0.3) is 5.69 Å². The van der Waals surface area contributed by atoms with Gasteiger partial charge in [0.05, 0.1) is 17.7 Å². The normalized spacial score (nSPS) is 14.4. The molecule has 8 heteroatoms. The largest absolute Gasteiger partial charge is 0.460 e. The predicted octanol–water partition coefficient (Wildman–Crippen LogP) is 3.42. The average Bonchev–Trinajstić information content (AvgIpc) is 3.12. The fourth-order valence-corrected chi connectivity index (χ4v) is 2.90. The average molecular weight is 345 g/mol. The van der Waals surface area contributed by atoms with Gasteiger partial charge in [-0.3, -0.25) is 10.1 Å². The van der Waals surface area contributed by atoms with E-state index < -0.39 is 10.9 Å². The van der Waals surface area contributed by atoms with Crippen LogP contribution in [0.3, 0.4) is 0 Å². The Morgan fingerprint density at radius 3 is 2.80 bits per heavy atom. The monoisotopic (exact) mass is 345 g/mol. The third-order valence-corrected chi connectivity index (χ3v) is 4.11. The number of hydrogen-bond donors (Lipinski definition) is 0. The van der Waals surface area contributed by atoms with Crippen LogP contribution in [0.1, 0.15) is 36.7 Å². The number of piperidine rings is 1. The highest BCUT2D eigenvalue weighted by atomic mass is 16.6. The molecule has 3 rings (SSSR count). The summed E-state index contributed by atoms with van der Waals surface area (Å²) in [7, 11) is 0. The molecule has 0 unspecified atom stereocenters. The Kier molecular flexibility index (Phi) is 4.97. The molecule has 1 saturated heterocycles. The third kappa shape index (κ3) is 3.62. The van der Waals surface area contributed by atoms with Gasteiger partial charge in [-0.25, -0.2) is 9.78 Å². The first-order valence-electron chi connectivity index (χ1n) is 8.27. The highest BCUT2D eigenvalue weighted by Gasteiger charge is 2.24. The number of esters is 1. The minimum atomic E-state index is -0.643. The topological polar surface area (TPSA) is 98.7 Å². The molecule has 0 N–H and O–H groups in total. The van der Waals surface area contributed by atoms with E-state index in [0.717, 1.165) is 31.6 Å². The van der Waals surface area contributed by atoms with Crippen molar-refractivity contribution in [3.05, 3.63) is 40.3 Å². The molecule has 0 radical (unpaired) electrons. The van der Waals surface area contributed by atoms with Crippen molar-refractivity contribution in [3.63, 3.8) is 0 Å². The van der Waals surface area contributed by atoms with Crippen LogP contribution in [0.4, 0.5) is 11.4 Å². The second kappa shape index (κ2) is 7.33. The number of benzene rings is 1. The number of ether oxygens (including phenoxy) is 1. The number of nitrogens with zero attached hydrogens (tertiary/aromatic N) is 3. The van der Waals surface area contributed by atoms with Crippen molar-refractivity contribution in [2.24, 2.45) is 0 Å². The van der Waals surface area contributed by atoms with Crippen LogP contribution < -0.4 is 4.90 Å². The molecule has 25 heavy (non-hydrogen) atoms. The van der Waals surface area contributed by atoms with E-state index in [1.807, 2.05) is 0 Å². The van der Waals surface area contributed by atoms with Crippen molar-refractivity contribution in [1.82, 2.24) is 4.98 Å². The van der Waals surface area contributed by atoms with E-state index in [4.69, 9.17) is 9.15 Å². The smallest absolute Gasteiger partial charge is 0.375 e. The van der Waals surface area contributed by atoms with Gasteiger partial charge in [0.1, 0.15) is 5.56 Å². The van der Waals surface area contributed by atoms with Crippen molar-refractivity contribution in [3.8, 4) is 11.5 Å². The van der Waals surface area contributed by atoms with Gasteiger partial charge in [-0.2, -0.15) is 0 Å². The Bertz CT molecular complexity index is 780. The van der Waals surface area contributed by atoms with E-state index in [0.29, 0.717) is 0 Å². The molecule has 0 atom stereocenters. The summed E-state index contributed by atoms with van der Waals surface area (Å²) < 4.78 is 10.3. The van der Waals surface area contributed by atoms with Gasteiger partial charge in [0, 0.05) is 24.8 Å². The zero-order chi connectivity index (χ0) is 17.8. The summed E-state index contributed by atoms with van der Waals surface area (Å²) in [6, 6.07) is 4.89. The van der Waals surface area contributed by atoms with Crippen LogP contribution >= 0.6 is 0 Å². The van der Waals surface area contributed by atoms with Gasteiger partial charge in [-0.1, -0.05) is 0 Å². The number of anilines is 1. The molecular weight excluding hydrogens is 326 g/mol. The fourth-order valence-electron chi connectivity index (χ4n) is 2.90. The first kappa shape index (κ1) is 16.9. The summed E-state index contributed by atoms with van der Waals surface area (Å²) in [5.41, 5.74) is 1.03. The maximum atomic E-state index is 11.7. The number of carbonyl (C=O) groups is 1. The van der Waals surface area contributed by atoms with E-state index in [1.54, 1.807) is 19.1 Å². The minimum Gasteiger partial charge on any atom is -0.460 e. The van der Waals surface area contributed by atoms with Crippen molar-refractivity contribution < 1.29 is 18.9 Å². The standard InChI is InChI=1S/C17H19N3O5/c1-2-24-17(21)15-11-18-16(25-15)13-10-12(6-7-14(13)20(22)23)19-8-4-3-5-9-19/h6-7,10-11H,2-5,8-9H2,1H3. The number of aromatic nitrogens is 1. The molecule has 2 heterocycles. The summed E-state index contributed by atoms with van der Waals surface area (Å²) >= 11 is 0. The lowest BCUT2D eigenvalue weighted by Crippen LogP contribution is -2.29. The van der Waals surface area contributed by atoms with E-state index in [2.05, 4.69) is 9.88 Å². The zero-order valence-corrected chi connectivity index (χ0v) is 13.9. The van der Waals surface area contributed by atoms with Crippen LogP contribution in [-0.4, -0.2) is 35.6 Å². The molecule has 0 spiro atoms. The molecule has 0 bridgehead atoms. The van der Waals surface area contributed by atoms with Crippen molar-refractivity contribution in [2.45, 2.75) is 26.2 Å². The molecule has 1 fully saturated rings. The Morgan fingerprint density at radius 1 is 1.36 bits per heavy atom. The van der Waals surface area contributed by atoms with Crippen molar-refractivity contribution in [2.75, 3.05) is 24.6 Å². The van der Waals surface area contributed by atoms with E-state index in [9.17, 15) is 14.9 Å². The van der Waals surface area contributed by atoms with E-state index in [-0.39, 0.29) is 29.5 Å². The molecule has 0 amide bonds. The zero-order valence-electron chi connectivity index (χ0n) is 13.9. The molecule has 1 aromatic carbocycles. The number of carbonyl (C=O) groups excluding carboxylic acids is 1. The quantitative estimate of drug-likeness (QED) is 0.465. The summed E-state index contributed by atoms with van der Waals surface area (Å²) in [6.45, 7) is 3.72. The number of nitro groups is 1. The van der Waals surface area contributed by atoms with E-state index in [1.165, 1.54) is 18.7 Å². The second-order valence-electron chi connectivity index (χ2n) is 5.76. The fraction of sp³-hybridized carbons (Fsp3) is 0.412. The lowest BCUT2D eigenvalue weighted by atomic mass is 10.1. The molecule has 8 nitrogen and oxygen atoms in total. The number of rotatable bonds is 5. The Labute approximate surface area is 144 Å². The van der Waals surface area contributed by atoms with Crippen LogP contribution in [0.25, 0.3) is 11.5 Å². The lowest BCUT2D eigenvalue weighted by Gasteiger charge is -2.28. The number of hydrogen-bond acceptors (Lipinski definition) is 7. The van der Waals surface area contributed by atoms with Gasteiger partial charge in [0.15, 0.2) is 0 Å². The predicted molar refractivity (Wildman–Crippen MR) is 90.6 cm³/mol.